The Morgan fingerprint density at radius 1 is 1.39 bits per heavy atom. The van der Waals surface area contributed by atoms with E-state index in [1.54, 1.807) is 22.6 Å². The predicted octanol–water partition coefficient (Wildman–Crippen LogP) is 2.56. The molecule has 0 amide bonds. The Morgan fingerprint density at radius 2 is 2.06 bits per heavy atom. The first-order chi connectivity index (χ1) is 8.36. The fourth-order valence-corrected chi connectivity index (χ4v) is 2.15. The van der Waals surface area contributed by atoms with Gasteiger partial charge < -0.3 is 0 Å². The first kappa shape index (κ1) is 12.7. The summed E-state index contributed by atoms with van der Waals surface area (Å²) in [5.74, 6) is 0. The molecule has 18 heavy (non-hydrogen) atoms. The molecule has 2 aromatic heterocycles. The van der Waals surface area contributed by atoms with Crippen LogP contribution < -0.4 is 0 Å². The SMILES string of the molecule is Cn1nccc1-c1nn(C(C)(C)C)c(Cl)c1C#N. The van der Waals surface area contributed by atoms with Crippen molar-refractivity contribution < 1.29 is 0 Å². The number of nitrogens with zero attached hydrogens (tertiary/aromatic N) is 5. The summed E-state index contributed by atoms with van der Waals surface area (Å²) in [7, 11) is 1.81. The van der Waals surface area contributed by atoms with Gasteiger partial charge in [-0.05, 0) is 26.8 Å². The quantitative estimate of drug-likeness (QED) is 0.794. The normalized spacial score (nSPS) is 11.6. The molecule has 0 aliphatic rings. The monoisotopic (exact) mass is 263 g/mol. The van der Waals surface area contributed by atoms with Gasteiger partial charge in [0.2, 0.25) is 0 Å². The molecule has 94 valence electrons. The van der Waals surface area contributed by atoms with Gasteiger partial charge in [0.25, 0.3) is 0 Å². The molecular formula is C12H14ClN5. The maximum Gasteiger partial charge on any atom is 0.146 e. The third-order valence-electron chi connectivity index (χ3n) is 2.64. The third-order valence-corrected chi connectivity index (χ3v) is 2.99. The van der Waals surface area contributed by atoms with Crippen LogP contribution in [0.4, 0.5) is 0 Å². The van der Waals surface area contributed by atoms with Crippen LogP contribution >= 0.6 is 11.6 Å². The lowest BCUT2D eigenvalue weighted by Gasteiger charge is -2.20. The van der Waals surface area contributed by atoms with Crippen molar-refractivity contribution in [2.75, 3.05) is 0 Å². The molecule has 2 heterocycles. The van der Waals surface area contributed by atoms with Crippen LogP contribution in [0.25, 0.3) is 11.4 Å². The topological polar surface area (TPSA) is 59.4 Å². The Kier molecular flexibility index (Phi) is 2.91. The van der Waals surface area contributed by atoms with Gasteiger partial charge in [0.05, 0.1) is 11.2 Å². The van der Waals surface area contributed by atoms with Crippen molar-refractivity contribution in [2.24, 2.45) is 7.05 Å². The van der Waals surface area contributed by atoms with Gasteiger partial charge in [-0.2, -0.15) is 15.5 Å². The van der Waals surface area contributed by atoms with Crippen molar-refractivity contribution in [1.82, 2.24) is 19.6 Å². The Balaban J connectivity index is 2.71. The standard InChI is InChI=1S/C12H14ClN5/c1-12(2,3)18-11(13)8(7-14)10(16-18)9-5-6-15-17(9)4/h5-6H,1-4H3. The molecule has 0 N–H and O–H groups in total. The second-order valence-corrected chi connectivity index (χ2v) is 5.41. The smallest absolute Gasteiger partial charge is 0.146 e. The number of hydrogen-bond acceptors (Lipinski definition) is 3. The fraction of sp³-hybridized carbons (Fsp3) is 0.417. The molecular weight excluding hydrogens is 250 g/mol. The van der Waals surface area contributed by atoms with E-state index in [9.17, 15) is 5.26 Å². The molecule has 0 saturated carbocycles. The van der Waals surface area contributed by atoms with Gasteiger partial charge in [-0.3, -0.25) is 4.68 Å². The van der Waals surface area contributed by atoms with Gasteiger partial charge in [0.1, 0.15) is 22.5 Å². The number of nitriles is 1. The zero-order chi connectivity index (χ0) is 13.5. The van der Waals surface area contributed by atoms with Crippen molar-refractivity contribution in [3.8, 4) is 17.5 Å². The van der Waals surface area contributed by atoms with E-state index in [0.717, 1.165) is 5.69 Å². The van der Waals surface area contributed by atoms with E-state index < -0.39 is 0 Å². The van der Waals surface area contributed by atoms with Crippen molar-refractivity contribution >= 4 is 11.6 Å². The molecule has 2 rings (SSSR count). The van der Waals surface area contributed by atoms with E-state index in [1.807, 2.05) is 26.8 Å². The molecule has 0 spiro atoms. The Labute approximate surface area is 111 Å². The Bertz CT molecular complexity index is 624. The summed E-state index contributed by atoms with van der Waals surface area (Å²) in [6.45, 7) is 5.96. The number of aryl methyl sites for hydroxylation is 1. The van der Waals surface area contributed by atoms with Gasteiger partial charge in [-0.25, -0.2) is 4.68 Å². The van der Waals surface area contributed by atoms with Crippen molar-refractivity contribution in [3.05, 3.63) is 23.0 Å². The van der Waals surface area contributed by atoms with Crippen LogP contribution in [0.15, 0.2) is 12.3 Å². The van der Waals surface area contributed by atoms with Crippen LogP contribution in [0.2, 0.25) is 5.15 Å². The lowest BCUT2D eigenvalue weighted by Crippen LogP contribution is -2.23. The molecule has 6 heteroatoms. The molecule has 2 aromatic rings. The van der Waals surface area contributed by atoms with Crippen LogP contribution in [0.3, 0.4) is 0 Å². The number of aromatic nitrogens is 4. The van der Waals surface area contributed by atoms with Crippen molar-refractivity contribution in [1.29, 1.82) is 5.26 Å². The zero-order valence-electron chi connectivity index (χ0n) is 10.8. The molecule has 0 aliphatic heterocycles. The highest BCUT2D eigenvalue weighted by molar-refractivity contribution is 6.31. The molecule has 0 atom stereocenters. The van der Waals surface area contributed by atoms with Gasteiger partial charge in [0.15, 0.2) is 0 Å². The minimum atomic E-state index is -0.278. The van der Waals surface area contributed by atoms with E-state index in [4.69, 9.17) is 11.6 Å². The van der Waals surface area contributed by atoms with Gasteiger partial charge in [-0.15, -0.1) is 0 Å². The average Bonchev–Trinajstić information content (AvgIpc) is 2.80. The molecule has 0 bridgehead atoms. The van der Waals surface area contributed by atoms with Crippen LogP contribution in [0.1, 0.15) is 26.3 Å². The summed E-state index contributed by atoms with van der Waals surface area (Å²) in [6.07, 6.45) is 1.67. The Morgan fingerprint density at radius 3 is 2.50 bits per heavy atom. The summed E-state index contributed by atoms with van der Waals surface area (Å²) in [6, 6.07) is 3.93. The average molecular weight is 264 g/mol. The second-order valence-electron chi connectivity index (χ2n) is 5.05. The van der Waals surface area contributed by atoms with Crippen LogP contribution in [-0.4, -0.2) is 19.6 Å². The summed E-state index contributed by atoms with van der Waals surface area (Å²) in [5.41, 5.74) is 1.45. The van der Waals surface area contributed by atoms with E-state index in [1.165, 1.54) is 0 Å². The largest absolute Gasteiger partial charge is 0.266 e. The minimum Gasteiger partial charge on any atom is -0.266 e. The number of rotatable bonds is 1. The number of hydrogen-bond donors (Lipinski definition) is 0. The van der Waals surface area contributed by atoms with Crippen molar-refractivity contribution in [2.45, 2.75) is 26.3 Å². The first-order valence-corrected chi connectivity index (χ1v) is 5.91. The first-order valence-electron chi connectivity index (χ1n) is 5.53. The molecule has 5 nitrogen and oxygen atoms in total. The molecule has 0 aromatic carbocycles. The van der Waals surface area contributed by atoms with Crippen LogP contribution in [0, 0.1) is 11.3 Å². The van der Waals surface area contributed by atoms with Gasteiger partial charge in [0, 0.05) is 13.2 Å². The van der Waals surface area contributed by atoms with E-state index in [2.05, 4.69) is 16.3 Å². The molecule has 0 unspecified atom stereocenters. The molecule has 0 fully saturated rings. The third kappa shape index (κ3) is 1.89. The summed E-state index contributed by atoms with van der Waals surface area (Å²) >= 11 is 6.23. The minimum absolute atomic E-state index is 0.278. The summed E-state index contributed by atoms with van der Waals surface area (Å²) < 4.78 is 3.34. The molecule has 0 aliphatic carbocycles. The Hall–Kier alpha value is -1.80. The van der Waals surface area contributed by atoms with Crippen LogP contribution in [-0.2, 0) is 12.6 Å². The highest BCUT2D eigenvalue weighted by Gasteiger charge is 2.25. The van der Waals surface area contributed by atoms with Crippen LogP contribution in [0.5, 0.6) is 0 Å². The highest BCUT2D eigenvalue weighted by atomic mass is 35.5. The van der Waals surface area contributed by atoms with Crippen molar-refractivity contribution in [3.63, 3.8) is 0 Å². The number of halogens is 1. The van der Waals surface area contributed by atoms with Gasteiger partial charge in [-0.1, -0.05) is 11.6 Å². The summed E-state index contributed by atoms with van der Waals surface area (Å²) in [5, 5.41) is 18.2. The maximum absolute atomic E-state index is 9.25. The summed E-state index contributed by atoms with van der Waals surface area (Å²) in [4.78, 5) is 0. The van der Waals surface area contributed by atoms with E-state index >= 15 is 0 Å². The lowest BCUT2D eigenvalue weighted by atomic mass is 10.1. The second kappa shape index (κ2) is 4.14. The van der Waals surface area contributed by atoms with Gasteiger partial charge >= 0.3 is 0 Å². The van der Waals surface area contributed by atoms with E-state index in [-0.39, 0.29) is 5.54 Å². The van der Waals surface area contributed by atoms with E-state index in [0.29, 0.717) is 16.4 Å². The highest BCUT2D eigenvalue weighted by Crippen LogP contribution is 2.31. The maximum atomic E-state index is 9.25. The fourth-order valence-electron chi connectivity index (χ4n) is 1.73. The lowest BCUT2D eigenvalue weighted by molar-refractivity contribution is 0.357. The molecule has 0 radical (unpaired) electrons. The molecule has 0 saturated heterocycles. The zero-order valence-corrected chi connectivity index (χ0v) is 11.5. The predicted molar refractivity (Wildman–Crippen MR) is 69.2 cm³/mol.